The molecule has 0 atom stereocenters. The van der Waals surface area contributed by atoms with Crippen LogP contribution in [0.5, 0.6) is 5.75 Å². The van der Waals surface area contributed by atoms with Gasteiger partial charge in [-0.2, -0.15) is 0 Å². The average molecular weight is 307 g/mol. The van der Waals surface area contributed by atoms with Crippen LogP contribution in [0.15, 0.2) is 47.6 Å². The Labute approximate surface area is 124 Å². The highest BCUT2D eigenvalue weighted by Crippen LogP contribution is 2.16. The van der Waals surface area contributed by atoms with Crippen molar-refractivity contribution < 1.29 is 13.2 Å². The Kier molecular flexibility index (Phi) is 4.77. The number of nitrogen functional groups attached to an aromatic ring is 1. The van der Waals surface area contributed by atoms with Crippen molar-refractivity contribution in [3.8, 4) is 5.75 Å². The molecule has 1 aromatic carbocycles. The van der Waals surface area contributed by atoms with E-state index in [0.29, 0.717) is 6.42 Å². The number of hydrogen-bond acceptors (Lipinski definition) is 5. The first-order valence-electron chi connectivity index (χ1n) is 6.35. The van der Waals surface area contributed by atoms with E-state index >= 15 is 0 Å². The molecule has 0 aliphatic rings. The number of hydrogen-bond donors (Lipinski definition) is 2. The minimum absolute atomic E-state index is 0.00403. The van der Waals surface area contributed by atoms with Crippen molar-refractivity contribution in [3.63, 3.8) is 0 Å². The molecule has 0 saturated carbocycles. The molecular weight excluding hydrogens is 290 g/mol. The molecule has 2 rings (SSSR count). The van der Waals surface area contributed by atoms with Gasteiger partial charge in [-0.15, -0.1) is 0 Å². The number of aromatic nitrogens is 1. The molecule has 1 aromatic heterocycles. The maximum Gasteiger partial charge on any atom is 0.244 e. The molecule has 0 bridgehead atoms. The van der Waals surface area contributed by atoms with Gasteiger partial charge in [0.05, 0.1) is 12.8 Å². The smallest absolute Gasteiger partial charge is 0.244 e. The van der Waals surface area contributed by atoms with Gasteiger partial charge in [-0.05, 0) is 30.2 Å². The Morgan fingerprint density at radius 3 is 2.86 bits per heavy atom. The fraction of sp³-hybridized carbons (Fsp3) is 0.214. The summed E-state index contributed by atoms with van der Waals surface area (Å²) in [6, 6.07) is 8.93. The molecular formula is C14H17N3O3S. The predicted octanol–water partition coefficient (Wildman–Crippen LogP) is 1.19. The van der Waals surface area contributed by atoms with Gasteiger partial charge in [0, 0.05) is 18.9 Å². The van der Waals surface area contributed by atoms with Gasteiger partial charge < -0.3 is 10.5 Å². The summed E-state index contributed by atoms with van der Waals surface area (Å²) in [4.78, 5) is 3.78. The number of anilines is 1. The van der Waals surface area contributed by atoms with Crippen molar-refractivity contribution in [2.24, 2.45) is 0 Å². The van der Waals surface area contributed by atoms with Gasteiger partial charge in [0.15, 0.2) is 0 Å². The first kappa shape index (κ1) is 15.3. The maximum absolute atomic E-state index is 12.1. The molecule has 3 N–H and O–H groups in total. The third-order valence-electron chi connectivity index (χ3n) is 2.95. The van der Waals surface area contributed by atoms with Gasteiger partial charge in [-0.25, -0.2) is 13.1 Å². The number of nitrogens with zero attached hydrogens (tertiary/aromatic N) is 1. The van der Waals surface area contributed by atoms with E-state index in [4.69, 9.17) is 10.5 Å². The lowest BCUT2D eigenvalue weighted by Gasteiger charge is -2.09. The van der Waals surface area contributed by atoms with E-state index in [1.807, 2.05) is 24.3 Å². The Bertz CT molecular complexity index is 717. The number of nitrogens with two attached hydrogens (primary N) is 1. The third kappa shape index (κ3) is 3.93. The lowest BCUT2D eigenvalue weighted by molar-refractivity contribution is 0.414. The van der Waals surface area contributed by atoms with Crippen molar-refractivity contribution >= 4 is 15.7 Å². The van der Waals surface area contributed by atoms with Crippen LogP contribution >= 0.6 is 0 Å². The largest absolute Gasteiger partial charge is 0.497 e. The highest BCUT2D eigenvalue weighted by atomic mass is 32.2. The first-order chi connectivity index (χ1) is 10.0. The third-order valence-corrected chi connectivity index (χ3v) is 4.45. The molecule has 0 radical (unpaired) electrons. The molecule has 112 valence electrons. The zero-order valence-corrected chi connectivity index (χ0v) is 12.4. The van der Waals surface area contributed by atoms with Crippen molar-refractivity contribution in [1.29, 1.82) is 0 Å². The van der Waals surface area contributed by atoms with Crippen LogP contribution < -0.4 is 15.2 Å². The predicted molar refractivity (Wildman–Crippen MR) is 80.5 cm³/mol. The molecule has 0 fully saturated rings. The lowest BCUT2D eigenvalue weighted by atomic mass is 10.1. The van der Waals surface area contributed by atoms with Crippen molar-refractivity contribution in [3.05, 3.63) is 48.3 Å². The van der Waals surface area contributed by atoms with E-state index < -0.39 is 10.0 Å². The van der Waals surface area contributed by atoms with Crippen molar-refractivity contribution in [1.82, 2.24) is 9.71 Å². The van der Waals surface area contributed by atoms with Crippen LogP contribution in [-0.2, 0) is 16.4 Å². The van der Waals surface area contributed by atoms with Crippen LogP contribution in [0.3, 0.4) is 0 Å². The van der Waals surface area contributed by atoms with Gasteiger partial charge >= 0.3 is 0 Å². The van der Waals surface area contributed by atoms with Crippen LogP contribution in [0, 0.1) is 0 Å². The van der Waals surface area contributed by atoms with E-state index in [1.165, 1.54) is 18.5 Å². The molecule has 0 aliphatic heterocycles. The molecule has 6 nitrogen and oxygen atoms in total. The zero-order valence-electron chi connectivity index (χ0n) is 11.6. The standard InChI is InChI=1S/C14H17N3O3S/c1-20-12-4-2-3-11(9-12)5-8-17-21(18,19)14-10-16-7-6-13(14)15/h2-4,6-7,9-10,17H,5,8H2,1H3,(H2,15,16). The normalized spacial score (nSPS) is 11.3. The summed E-state index contributed by atoms with van der Waals surface area (Å²) in [6.45, 7) is 0.268. The summed E-state index contributed by atoms with van der Waals surface area (Å²) in [5.41, 5.74) is 6.81. The number of benzene rings is 1. The fourth-order valence-electron chi connectivity index (χ4n) is 1.85. The second-order valence-corrected chi connectivity index (χ2v) is 6.15. The molecule has 1 heterocycles. The van der Waals surface area contributed by atoms with Crippen LogP contribution in [-0.4, -0.2) is 27.1 Å². The Hall–Kier alpha value is -2.12. The second kappa shape index (κ2) is 6.55. The molecule has 0 amide bonds. The SMILES string of the molecule is COc1cccc(CCNS(=O)(=O)c2cnccc2N)c1. The van der Waals surface area contributed by atoms with Crippen molar-refractivity contribution in [2.45, 2.75) is 11.3 Å². The number of methoxy groups -OCH3 is 1. The molecule has 2 aromatic rings. The molecule has 0 unspecified atom stereocenters. The van der Waals surface area contributed by atoms with Gasteiger partial charge in [0.2, 0.25) is 10.0 Å². The summed E-state index contributed by atoms with van der Waals surface area (Å²) in [6.07, 6.45) is 3.24. The number of rotatable bonds is 6. The van der Waals surface area contributed by atoms with E-state index in [0.717, 1.165) is 11.3 Å². The minimum atomic E-state index is -3.65. The van der Waals surface area contributed by atoms with Gasteiger partial charge in [0.1, 0.15) is 10.6 Å². The summed E-state index contributed by atoms with van der Waals surface area (Å²) >= 11 is 0. The zero-order chi connectivity index (χ0) is 15.3. The molecule has 0 aliphatic carbocycles. The monoisotopic (exact) mass is 307 g/mol. The quantitative estimate of drug-likeness (QED) is 0.836. The summed E-state index contributed by atoms with van der Waals surface area (Å²) in [5.74, 6) is 0.742. The number of nitrogens with one attached hydrogen (secondary N) is 1. The van der Waals surface area contributed by atoms with Crippen LogP contribution in [0.25, 0.3) is 0 Å². The Morgan fingerprint density at radius 1 is 1.33 bits per heavy atom. The lowest BCUT2D eigenvalue weighted by Crippen LogP contribution is -2.26. The number of pyridine rings is 1. The van der Waals surface area contributed by atoms with E-state index in [9.17, 15) is 8.42 Å². The minimum Gasteiger partial charge on any atom is -0.497 e. The van der Waals surface area contributed by atoms with Gasteiger partial charge in [-0.3, -0.25) is 4.98 Å². The van der Waals surface area contributed by atoms with Gasteiger partial charge in [0.25, 0.3) is 0 Å². The summed E-state index contributed by atoms with van der Waals surface area (Å²) in [7, 11) is -2.06. The molecule has 21 heavy (non-hydrogen) atoms. The Balaban J connectivity index is 2.01. The summed E-state index contributed by atoms with van der Waals surface area (Å²) in [5, 5.41) is 0. The molecule has 0 spiro atoms. The second-order valence-electron chi connectivity index (χ2n) is 4.41. The Morgan fingerprint density at radius 2 is 2.14 bits per heavy atom. The van der Waals surface area contributed by atoms with Crippen LogP contribution in [0.1, 0.15) is 5.56 Å². The molecule has 7 heteroatoms. The highest BCUT2D eigenvalue weighted by Gasteiger charge is 2.16. The van der Waals surface area contributed by atoms with Gasteiger partial charge in [-0.1, -0.05) is 12.1 Å². The van der Waals surface area contributed by atoms with Crippen LogP contribution in [0.4, 0.5) is 5.69 Å². The first-order valence-corrected chi connectivity index (χ1v) is 7.83. The van der Waals surface area contributed by atoms with E-state index in [-0.39, 0.29) is 17.1 Å². The topological polar surface area (TPSA) is 94.3 Å². The number of sulfonamides is 1. The molecule has 0 saturated heterocycles. The van der Waals surface area contributed by atoms with Crippen LogP contribution in [0.2, 0.25) is 0 Å². The number of ether oxygens (including phenoxy) is 1. The van der Waals surface area contributed by atoms with E-state index in [2.05, 4.69) is 9.71 Å². The maximum atomic E-state index is 12.1. The van der Waals surface area contributed by atoms with E-state index in [1.54, 1.807) is 7.11 Å². The average Bonchev–Trinajstić information content (AvgIpc) is 2.47. The fourth-order valence-corrected chi connectivity index (χ4v) is 2.95. The van der Waals surface area contributed by atoms with Crippen molar-refractivity contribution in [2.75, 3.05) is 19.4 Å². The summed E-state index contributed by atoms with van der Waals surface area (Å²) < 4.78 is 31.9. The highest BCUT2D eigenvalue weighted by molar-refractivity contribution is 7.89.